The first-order chi connectivity index (χ1) is 8.41. The lowest BCUT2D eigenvalue weighted by Gasteiger charge is -2.09. The molecular weight excluding hydrogens is 242 g/mol. The normalized spacial score (nSPS) is 9.78. The number of anilines is 1. The largest absolute Gasteiger partial charge is 0.481 e. The lowest BCUT2D eigenvalue weighted by atomic mass is 10.1. The lowest BCUT2D eigenvalue weighted by molar-refractivity contribution is -0.136. The minimum absolute atomic E-state index is 0.0126. The Balaban J connectivity index is 2.96. The second-order valence-electron chi connectivity index (χ2n) is 3.44. The van der Waals surface area contributed by atoms with Crippen LogP contribution in [0.25, 0.3) is 0 Å². The zero-order chi connectivity index (χ0) is 13.7. The summed E-state index contributed by atoms with van der Waals surface area (Å²) in [6.07, 6.45) is -0.198. The highest BCUT2D eigenvalue weighted by atomic mass is 16.4. The number of carboxylic acid groups (broad SMARTS) is 3. The van der Waals surface area contributed by atoms with Crippen LogP contribution in [0.2, 0.25) is 0 Å². The number of benzene rings is 1. The van der Waals surface area contributed by atoms with Crippen molar-refractivity contribution >= 4 is 23.6 Å². The monoisotopic (exact) mass is 253 g/mol. The van der Waals surface area contributed by atoms with Gasteiger partial charge in [0.15, 0.2) is 0 Å². The molecule has 4 N–H and O–H groups in total. The van der Waals surface area contributed by atoms with Gasteiger partial charge in [0.25, 0.3) is 0 Å². The molecule has 1 aromatic rings. The maximum atomic E-state index is 10.9. The second-order valence-corrected chi connectivity index (χ2v) is 3.44. The van der Waals surface area contributed by atoms with E-state index in [1.54, 1.807) is 0 Å². The summed E-state index contributed by atoms with van der Waals surface area (Å²) in [5.74, 6) is -3.44. The van der Waals surface area contributed by atoms with Crippen LogP contribution in [0.1, 0.15) is 27.1 Å². The quantitative estimate of drug-likeness (QED) is 0.595. The Morgan fingerprint density at radius 1 is 1.06 bits per heavy atom. The minimum atomic E-state index is -1.22. The summed E-state index contributed by atoms with van der Waals surface area (Å²) in [4.78, 5) is 32.0. The van der Waals surface area contributed by atoms with Crippen molar-refractivity contribution in [2.45, 2.75) is 6.42 Å². The molecule has 0 radical (unpaired) electrons. The average molecular weight is 253 g/mol. The highest BCUT2D eigenvalue weighted by Gasteiger charge is 2.13. The number of aliphatic carboxylic acids is 1. The average Bonchev–Trinajstić information content (AvgIpc) is 2.27. The van der Waals surface area contributed by atoms with Crippen molar-refractivity contribution in [1.29, 1.82) is 0 Å². The molecule has 1 aromatic carbocycles. The topological polar surface area (TPSA) is 124 Å². The van der Waals surface area contributed by atoms with E-state index < -0.39 is 17.9 Å². The van der Waals surface area contributed by atoms with Gasteiger partial charge in [0.05, 0.1) is 17.5 Å². The summed E-state index contributed by atoms with van der Waals surface area (Å²) in [6, 6.07) is 3.50. The Morgan fingerprint density at radius 2 is 1.72 bits per heavy atom. The third-order valence-electron chi connectivity index (χ3n) is 2.15. The smallest absolute Gasteiger partial charge is 0.337 e. The van der Waals surface area contributed by atoms with E-state index in [1.807, 2.05) is 0 Å². The van der Waals surface area contributed by atoms with Gasteiger partial charge in [0, 0.05) is 12.2 Å². The third kappa shape index (κ3) is 3.48. The van der Waals surface area contributed by atoms with Gasteiger partial charge in [0.1, 0.15) is 0 Å². The molecule has 0 aliphatic rings. The molecular formula is C11H11NO6. The fourth-order valence-electron chi connectivity index (χ4n) is 1.31. The number of hydrogen-bond donors (Lipinski definition) is 4. The van der Waals surface area contributed by atoms with Crippen LogP contribution in [-0.4, -0.2) is 39.8 Å². The van der Waals surface area contributed by atoms with Crippen molar-refractivity contribution in [3.8, 4) is 0 Å². The first-order valence-corrected chi connectivity index (χ1v) is 4.98. The first kappa shape index (κ1) is 13.5. The van der Waals surface area contributed by atoms with Crippen LogP contribution in [0.3, 0.4) is 0 Å². The second kappa shape index (κ2) is 5.67. The minimum Gasteiger partial charge on any atom is -0.481 e. The summed E-state index contributed by atoms with van der Waals surface area (Å²) in [7, 11) is 0. The fourth-order valence-corrected chi connectivity index (χ4v) is 1.31. The zero-order valence-electron chi connectivity index (χ0n) is 9.21. The van der Waals surface area contributed by atoms with E-state index in [0.29, 0.717) is 0 Å². The number of carboxylic acids is 3. The molecule has 0 amide bonds. The zero-order valence-corrected chi connectivity index (χ0v) is 9.21. The van der Waals surface area contributed by atoms with Crippen LogP contribution in [0.4, 0.5) is 5.69 Å². The van der Waals surface area contributed by atoms with E-state index in [9.17, 15) is 14.4 Å². The van der Waals surface area contributed by atoms with Gasteiger partial charge in [-0.25, -0.2) is 9.59 Å². The van der Waals surface area contributed by atoms with Gasteiger partial charge >= 0.3 is 17.9 Å². The van der Waals surface area contributed by atoms with E-state index in [4.69, 9.17) is 15.3 Å². The molecule has 18 heavy (non-hydrogen) atoms. The molecule has 1 rings (SSSR count). The van der Waals surface area contributed by atoms with Gasteiger partial charge < -0.3 is 20.6 Å². The van der Waals surface area contributed by atoms with Crippen LogP contribution in [0, 0.1) is 0 Å². The molecule has 0 aliphatic carbocycles. The maximum Gasteiger partial charge on any atom is 0.337 e. The van der Waals surface area contributed by atoms with Crippen LogP contribution >= 0.6 is 0 Å². The van der Waals surface area contributed by atoms with E-state index in [-0.39, 0.29) is 29.8 Å². The molecule has 0 bridgehead atoms. The van der Waals surface area contributed by atoms with Crippen molar-refractivity contribution in [3.63, 3.8) is 0 Å². The Labute approximate surface area is 102 Å². The summed E-state index contributed by atoms with van der Waals surface area (Å²) < 4.78 is 0. The Kier molecular flexibility index (Phi) is 4.25. The molecule has 7 nitrogen and oxygen atoms in total. The highest BCUT2D eigenvalue weighted by Crippen LogP contribution is 2.18. The molecule has 0 aromatic heterocycles. The SMILES string of the molecule is O=C(O)CCNc1cc(C(=O)O)ccc1C(=O)O. The Hall–Kier alpha value is -2.57. The van der Waals surface area contributed by atoms with Gasteiger partial charge in [-0.15, -0.1) is 0 Å². The number of hydrogen-bond acceptors (Lipinski definition) is 4. The molecule has 0 spiro atoms. The third-order valence-corrected chi connectivity index (χ3v) is 2.15. The van der Waals surface area contributed by atoms with E-state index in [0.717, 1.165) is 12.1 Å². The fraction of sp³-hybridized carbons (Fsp3) is 0.182. The Morgan fingerprint density at radius 3 is 2.22 bits per heavy atom. The molecule has 7 heteroatoms. The standard InChI is InChI=1S/C11H11NO6/c13-9(14)3-4-12-8-5-6(10(15)16)1-2-7(8)11(17)18/h1-2,5,12H,3-4H2,(H,13,14)(H,15,16)(H,17,18). The van der Waals surface area contributed by atoms with E-state index in [2.05, 4.69) is 5.32 Å². The summed E-state index contributed by atoms with van der Waals surface area (Å²) in [5.41, 5.74) is -0.0909. The van der Waals surface area contributed by atoms with Gasteiger partial charge in [-0.2, -0.15) is 0 Å². The predicted molar refractivity (Wildman–Crippen MR) is 61.1 cm³/mol. The first-order valence-electron chi connectivity index (χ1n) is 4.98. The molecule has 0 unspecified atom stereocenters. The van der Waals surface area contributed by atoms with Crippen LogP contribution < -0.4 is 5.32 Å². The van der Waals surface area contributed by atoms with Crippen molar-refractivity contribution in [2.75, 3.05) is 11.9 Å². The molecule has 0 saturated carbocycles. The molecule has 0 atom stereocenters. The summed E-state index contributed by atoms with van der Waals surface area (Å²) in [6.45, 7) is 0.0126. The van der Waals surface area contributed by atoms with Crippen molar-refractivity contribution < 1.29 is 29.7 Å². The number of carbonyl (C=O) groups is 3. The van der Waals surface area contributed by atoms with Crippen molar-refractivity contribution in [1.82, 2.24) is 0 Å². The van der Waals surface area contributed by atoms with Gasteiger partial charge in [0.2, 0.25) is 0 Å². The Bertz CT molecular complexity index is 496. The van der Waals surface area contributed by atoms with E-state index >= 15 is 0 Å². The predicted octanol–water partition coefficient (Wildman–Crippen LogP) is 0.970. The molecule has 0 saturated heterocycles. The lowest BCUT2D eigenvalue weighted by Crippen LogP contribution is -2.12. The van der Waals surface area contributed by atoms with Gasteiger partial charge in [-0.3, -0.25) is 4.79 Å². The van der Waals surface area contributed by atoms with E-state index in [1.165, 1.54) is 6.07 Å². The summed E-state index contributed by atoms with van der Waals surface area (Å²) in [5, 5.41) is 28.7. The van der Waals surface area contributed by atoms with Gasteiger partial charge in [-0.1, -0.05) is 0 Å². The number of nitrogens with one attached hydrogen (secondary N) is 1. The number of rotatable bonds is 6. The van der Waals surface area contributed by atoms with Crippen LogP contribution in [0.15, 0.2) is 18.2 Å². The maximum absolute atomic E-state index is 10.9. The summed E-state index contributed by atoms with van der Waals surface area (Å²) >= 11 is 0. The molecule has 0 aliphatic heterocycles. The number of aromatic carboxylic acids is 2. The van der Waals surface area contributed by atoms with Crippen molar-refractivity contribution in [3.05, 3.63) is 29.3 Å². The van der Waals surface area contributed by atoms with Crippen molar-refractivity contribution in [2.24, 2.45) is 0 Å². The molecule has 0 fully saturated rings. The van der Waals surface area contributed by atoms with Gasteiger partial charge in [-0.05, 0) is 18.2 Å². The molecule has 96 valence electrons. The van der Waals surface area contributed by atoms with Crippen LogP contribution in [0.5, 0.6) is 0 Å². The molecule has 0 heterocycles. The highest BCUT2D eigenvalue weighted by molar-refractivity contribution is 5.97. The van der Waals surface area contributed by atoms with Crippen LogP contribution in [-0.2, 0) is 4.79 Å².